The van der Waals surface area contributed by atoms with Crippen LogP contribution in [0.5, 0.6) is 0 Å². The summed E-state index contributed by atoms with van der Waals surface area (Å²) in [5.74, 6) is -0.111. The third-order valence-electron chi connectivity index (χ3n) is 2.41. The van der Waals surface area contributed by atoms with Gasteiger partial charge >= 0.3 is 18.9 Å². The van der Waals surface area contributed by atoms with E-state index in [1.54, 1.807) is 6.07 Å². The summed E-state index contributed by atoms with van der Waals surface area (Å²) in [5.41, 5.74) is 0. The maximum absolute atomic E-state index is 13.6. The van der Waals surface area contributed by atoms with E-state index >= 15 is 0 Å². The van der Waals surface area contributed by atoms with E-state index in [0.717, 1.165) is 24.1 Å². The van der Waals surface area contributed by atoms with Gasteiger partial charge in [0.2, 0.25) is 0 Å². The molecule has 0 saturated carbocycles. The molecular formula is C12H7FLiP. The molecular weight excluding hydrogens is 201 g/mol. The van der Waals surface area contributed by atoms with Gasteiger partial charge in [0.15, 0.2) is 0 Å². The Morgan fingerprint density at radius 3 is 2.47 bits per heavy atom. The second-order valence-corrected chi connectivity index (χ2v) is 4.45. The zero-order valence-electron chi connectivity index (χ0n) is 8.37. The van der Waals surface area contributed by atoms with Gasteiger partial charge in [-0.3, -0.25) is 0 Å². The molecule has 1 aromatic heterocycles. The van der Waals surface area contributed by atoms with Crippen LogP contribution in [0.1, 0.15) is 0 Å². The van der Waals surface area contributed by atoms with Gasteiger partial charge in [-0.25, -0.2) is 4.39 Å². The summed E-state index contributed by atoms with van der Waals surface area (Å²) in [6.45, 7) is 0. The molecule has 0 aliphatic heterocycles. The smallest absolute Gasteiger partial charge is 0.514 e. The van der Waals surface area contributed by atoms with Crippen LogP contribution in [-0.2, 0) is 0 Å². The molecule has 0 aliphatic rings. The average Bonchev–Trinajstić information content (AvgIpc) is 2.57. The Hall–Kier alpha value is -0.733. The van der Waals surface area contributed by atoms with Crippen molar-refractivity contribution in [3.63, 3.8) is 0 Å². The molecule has 0 radical (unpaired) electrons. The van der Waals surface area contributed by atoms with E-state index in [9.17, 15) is 4.39 Å². The van der Waals surface area contributed by atoms with E-state index < -0.39 is 0 Å². The summed E-state index contributed by atoms with van der Waals surface area (Å²) in [6, 6.07) is 13.3. The van der Waals surface area contributed by atoms with Gasteiger partial charge in [0.25, 0.3) is 0 Å². The van der Waals surface area contributed by atoms with Crippen molar-refractivity contribution in [1.82, 2.24) is 0 Å². The summed E-state index contributed by atoms with van der Waals surface area (Å²) >= 11 is 0. The van der Waals surface area contributed by atoms with E-state index in [4.69, 9.17) is 0 Å². The Bertz CT molecular complexity index is 615. The molecule has 3 rings (SSSR count). The number of fused-ring (bicyclic) bond motifs is 3. The molecule has 0 atom stereocenters. The molecule has 0 fully saturated rings. The molecule has 3 heteroatoms. The average molecular weight is 208 g/mol. The fourth-order valence-electron chi connectivity index (χ4n) is 1.78. The van der Waals surface area contributed by atoms with Crippen LogP contribution in [0.4, 0.5) is 4.39 Å². The van der Waals surface area contributed by atoms with Crippen molar-refractivity contribution in [3.05, 3.63) is 48.3 Å². The first-order valence-electron chi connectivity index (χ1n) is 4.46. The van der Waals surface area contributed by atoms with Crippen LogP contribution in [0.15, 0.2) is 42.5 Å². The van der Waals surface area contributed by atoms with Crippen LogP contribution in [0, 0.1) is 5.82 Å². The number of hydrogen-bond donors (Lipinski definition) is 0. The standard InChI is InChI=1S/C12H7FP.Li/c13-9-5-3-7-11-12(9)8-4-1-2-6-10(8)14-11;/h1-7H;/q-1;+1. The molecule has 0 spiro atoms. The molecule has 0 saturated heterocycles. The van der Waals surface area contributed by atoms with Gasteiger partial charge < -0.3 is 8.19 Å². The molecule has 0 aliphatic carbocycles. The second kappa shape index (κ2) is 4.03. The topological polar surface area (TPSA) is 0 Å². The van der Waals surface area contributed by atoms with Crippen LogP contribution >= 0.6 is 8.19 Å². The zero-order valence-corrected chi connectivity index (χ0v) is 9.26. The van der Waals surface area contributed by atoms with Gasteiger partial charge in [-0.05, 0) is 16.8 Å². The first-order valence-corrected chi connectivity index (χ1v) is 5.35. The Morgan fingerprint density at radius 1 is 0.867 bits per heavy atom. The molecule has 0 N–H and O–H groups in total. The van der Waals surface area contributed by atoms with Crippen molar-refractivity contribution in [1.29, 1.82) is 0 Å². The number of rotatable bonds is 0. The van der Waals surface area contributed by atoms with Crippen molar-refractivity contribution in [2.75, 3.05) is 0 Å². The summed E-state index contributed by atoms with van der Waals surface area (Å²) < 4.78 is 13.6. The molecule has 2 aromatic carbocycles. The Morgan fingerprint density at radius 2 is 1.60 bits per heavy atom. The molecule has 68 valence electrons. The minimum atomic E-state index is -0.111. The van der Waals surface area contributed by atoms with Gasteiger partial charge in [0.1, 0.15) is 5.82 Å². The predicted molar refractivity (Wildman–Crippen MR) is 59.5 cm³/mol. The summed E-state index contributed by atoms with van der Waals surface area (Å²) in [6.07, 6.45) is 0. The van der Waals surface area contributed by atoms with Crippen molar-refractivity contribution in [2.45, 2.75) is 0 Å². The largest absolute Gasteiger partial charge is 1.00 e. The van der Waals surface area contributed by atoms with Crippen LogP contribution in [0.25, 0.3) is 21.0 Å². The number of halogens is 1. The first-order chi connectivity index (χ1) is 6.86. The first kappa shape index (κ1) is 10.8. The summed E-state index contributed by atoms with van der Waals surface area (Å²) in [4.78, 5) is 0. The van der Waals surface area contributed by atoms with E-state index in [1.807, 2.05) is 24.3 Å². The van der Waals surface area contributed by atoms with Crippen molar-refractivity contribution < 1.29 is 23.3 Å². The molecule has 0 unspecified atom stereocenters. The maximum Gasteiger partial charge on any atom is 1.00 e. The van der Waals surface area contributed by atoms with Crippen molar-refractivity contribution in [2.24, 2.45) is 0 Å². The number of benzene rings is 2. The monoisotopic (exact) mass is 208 g/mol. The zero-order chi connectivity index (χ0) is 9.54. The molecule has 0 bridgehead atoms. The summed E-state index contributed by atoms with van der Waals surface area (Å²) in [5, 5.41) is 4.10. The minimum absolute atomic E-state index is 0. The van der Waals surface area contributed by atoms with E-state index in [-0.39, 0.29) is 24.7 Å². The SMILES string of the molecule is Fc1cccc2[p-]c3ccccc3c12.[Li+]. The van der Waals surface area contributed by atoms with Crippen LogP contribution in [-0.4, -0.2) is 0 Å². The normalized spacial score (nSPS) is 11.0. The van der Waals surface area contributed by atoms with Gasteiger partial charge in [0.05, 0.1) is 0 Å². The molecule has 1 heterocycles. The van der Waals surface area contributed by atoms with Gasteiger partial charge in [-0.15, -0.1) is 0 Å². The van der Waals surface area contributed by atoms with Crippen molar-refractivity contribution >= 4 is 29.2 Å². The molecule has 0 amide bonds. The van der Waals surface area contributed by atoms with Gasteiger partial charge in [-0.1, -0.05) is 36.4 Å². The second-order valence-electron chi connectivity index (χ2n) is 3.26. The van der Waals surface area contributed by atoms with Crippen LogP contribution in [0.2, 0.25) is 0 Å². The third kappa shape index (κ3) is 1.62. The molecule has 15 heavy (non-hydrogen) atoms. The molecule has 0 nitrogen and oxygen atoms in total. The van der Waals surface area contributed by atoms with Crippen LogP contribution < -0.4 is 18.9 Å². The van der Waals surface area contributed by atoms with Crippen molar-refractivity contribution in [3.8, 4) is 0 Å². The predicted octanol–water partition coefficient (Wildman–Crippen LogP) is 1.44. The third-order valence-corrected chi connectivity index (χ3v) is 3.65. The fraction of sp³-hybridized carbons (Fsp3) is 0. The molecule has 3 aromatic rings. The fourth-order valence-corrected chi connectivity index (χ4v) is 3.01. The summed E-state index contributed by atoms with van der Waals surface area (Å²) in [7, 11) is 1.12. The minimum Gasteiger partial charge on any atom is -0.514 e. The quantitative estimate of drug-likeness (QED) is 0.490. The van der Waals surface area contributed by atoms with E-state index in [0.29, 0.717) is 0 Å². The van der Waals surface area contributed by atoms with Crippen LogP contribution in [0.3, 0.4) is 0 Å². The number of hydrogen-bond acceptors (Lipinski definition) is 0. The van der Waals surface area contributed by atoms with Gasteiger partial charge in [-0.2, -0.15) is 10.2 Å². The maximum atomic E-state index is 13.6. The Balaban J connectivity index is 0.000000853. The Labute approximate surface area is 101 Å². The van der Waals surface area contributed by atoms with E-state index in [1.165, 1.54) is 11.2 Å². The van der Waals surface area contributed by atoms with Gasteiger partial charge in [0, 0.05) is 0 Å². The van der Waals surface area contributed by atoms with E-state index in [2.05, 4.69) is 6.07 Å². The Kier molecular flexibility index (Phi) is 2.89.